The minimum atomic E-state index is -0.446. The van der Waals surface area contributed by atoms with Crippen molar-refractivity contribution in [1.82, 2.24) is 0 Å². The molecule has 3 nitrogen and oxygen atoms in total. The smallest absolute Gasteiger partial charge is 0.330 e. The number of rotatable bonds is 5. The molecule has 2 aliphatic carbocycles. The summed E-state index contributed by atoms with van der Waals surface area (Å²) < 4.78 is 5.07. The first-order valence-electron chi connectivity index (χ1n) is 8.78. The van der Waals surface area contributed by atoms with Crippen LogP contribution < -0.4 is 0 Å². The molecule has 2 fully saturated rings. The number of carbonyl (C=O) groups excluding carboxylic acids is 1. The molecule has 0 aromatic rings. The predicted molar refractivity (Wildman–Crippen MR) is 83.9 cm³/mol. The van der Waals surface area contributed by atoms with Crippen molar-refractivity contribution in [2.45, 2.75) is 77.2 Å². The van der Waals surface area contributed by atoms with Crippen molar-refractivity contribution in [2.24, 2.45) is 11.8 Å². The lowest BCUT2D eigenvalue weighted by molar-refractivity contribution is -0.137. The van der Waals surface area contributed by atoms with Gasteiger partial charge in [-0.05, 0) is 50.0 Å². The third kappa shape index (κ3) is 4.84. The molecule has 1 unspecified atom stereocenters. The average molecular weight is 294 g/mol. The van der Waals surface area contributed by atoms with E-state index in [1.807, 2.05) is 6.92 Å². The highest BCUT2D eigenvalue weighted by Gasteiger charge is 2.30. The third-order valence-electron chi connectivity index (χ3n) is 5.09. The Morgan fingerprint density at radius 2 is 1.67 bits per heavy atom. The molecule has 1 N–H and O–H groups in total. The molecule has 0 bridgehead atoms. The number of carbonyl (C=O) groups is 1. The zero-order valence-electron chi connectivity index (χ0n) is 13.4. The van der Waals surface area contributed by atoms with Gasteiger partial charge in [0.15, 0.2) is 0 Å². The van der Waals surface area contributed by atoms with Crippen LogP contribution >= 0.6 is 0 Å². The number of aliphatic hydroxyl groups is 1. The van der Waals surface area contributed by atoms with Crippen LogP contribution in [0.15, 0.2) is 11.6 Å². The summed E-state index contributed by atoms with van der Waals surface area (Å²) in [4.78, 5) is 11.9. The molecule has 1 atom stereocenters. The van der Waals surface area contributed by atoms with E-state index in [4.69, 9.17) is 4.74 Å². The Balaban J connectivity index is 2.10. The molecule has 120 valence electrons. The van der Waals surface area contributed by atoms with Gasteiger partial charge in [-0.2, -0.15) is 0 Å². The zero-order chi connectivity index (χ0) is 15.1. The lowest BCUT2D eigenvalue weighted by Gasteiger charge is -2.33. The van der Waals surface area contributed by atoms with Gasteiger partial charge in [-0.1, -0.05) is 38.5 Å². The second kappa shape index (κ2) is 8.57. The van der Waals surface area contributed by atoms with Crippen molar-refractivity contribution < 1.29 is 14.6 Å². The maximum absolute atomic E-state index is 11.9. The standard InChI is InChI=1S/C18H30O3/c1-2-21-17(19)13-16(14-9-5-3-6-10-14)18(20)15-11-7-4-8-12-15/h13-15,18,20H,2-12H2,1H3/b16-13+. The van der Waals surface area contributed by atoms with E-state index < -0.39 is 6.10 Å². The number of aliphatic hydroxyl groups excluding tert-OH is 1. The van der Waals surface area contributed by atoms with E-state index >= 15 is 0 Å². The predicted octanol–water partition coefficient (Wildman–Crippen LogP) is 4.00. The van der Waals surface area contributed by atoms with Crippen molar-refractivity contribution in [2.75, 3.05) is 6.61 Å². The monoisotopic (exact) mass is 294 g/mol. The molecule has 2 saturated carbocycles. The summed E-state index contributed by atoms with van der Waals surface area (Å²) in [5.74, 6) is 0.425. The molecule has 0 aliphatic heterocycles. The fourth-order valence-electron chi connectivity index (χ4n) is 3.92. The van der Waals surface area contributed by atoms with Crippen molar-refractivity contribution in [1.29, 1.82) is 0 Å². The molecule has 21 heavy (non-hydrogen) atoms. The molecular weight excluding hydrogens is 264 g/mol. The number of hydrogen-bond acceptors (Lipinski definition) is 3. The fraction of sp³-hybridized carbons (Fsp3) is 0.833. The first-order valence-corrected chi connectivity index (χ1v) is 8.78. The van der Waals surface area contributed by atoms with Gasteiger partial charge in [0.05, 0.1) is 12.7 Å². The van der Waals surface area contributed by atoms with Crippen LogP contribution in [0.4, 0.5) is 0 Å². The van der Waals surface area contributed by atoms with Crippen LogP contribution in [0, 0.1) is 11.8 Å². The number of esters is 1. The van der Waals surface area contributed by atoms with Gasteiger partial charge in [0.25, 0.3) is 0 Å². The summed E-state index contributed by atoms with van der Waals surface area (Å²) in [5, 5.41) is 10.8. The zero-order valence-corrected chi connectivity index (χ0v) is 13.4. The van der Waals surface area contributed by atoms with Crippen LogP contribution in [-0.4, -0.2) is 23.8 Å². The first-order chi connectivity index (χ1) is 10.2. The summed E-state index contributed by atoms with van der Waals surface area (Å²) >= 11 is 0. The summed E-state index contributed by atoms with van der Waals surface area (Å²) in [7, 11) is 0. The molecule has 0 heterocycles. The van der Waals surface area contributed by atoms with Gasteiger partial charge in [0.1, 0.15) is 0 Å². The van der Waals surface area contributed by atoms with E-state index in [-0.39, 0.29) is 5.97 Å². The minimum Gasteiger partial charge on any atom is -0.463 e. The highest BCUT2D eigenvalue weighted by atomic mass is 16.5. The van der Waals surface area contributed by atoms with E-state index in [0.29, 0.717) is 18.4 Å². The fourth-order valence-corrected chi connectivity index (χ4v) is 3.92. The van der Waals surface area contributed by atoms with Crippen LogP contribution in [0.2, 0.25) is 0 Å². The topological polar surface area (TPSA) is 46.5 Å². The molecule has 2 rings (SSSR count). The largest absolute Gasteiger partial charge is 0.463 e. The maximum atomic E-state index is 11.9. The van der Waals surface area contributed by atoms with Crippen LogP contribution in [0.25, 0.3) is 0 Å². The number of hydrogen-bond donors (Lipinski definition) is 1. The van der Waals surface area contributed by atoms with Gasteiger partial charge in [-0.25, -0.2) is 4.79 Å². The normalized spacial score (nSPS) is 23.8. The molecule has 0 amide bonds. The summed E-state index contributed by atoms with van der Waals surface area (Å²) in [5.41, 5.74) is 0.958. The Morgan fingerprint density at radius 3 is 2.24 bits per heavy atom. The van der Waals surface area contributed by atoms with Gasteiger partial charge >= 0.3 is 5.97 Å². The van der Waals surface area contributed by atoms with Gasteiger partial charge in [0, 0.05) is 6.08 Å². The lowest BCUT2D eigenvalue weighted by atomic mass is 9.75. The Hall–Kier alpha value is -0.830. The van der Waals surface area contributed by atoms with E-state index in [1.54, 1.807) is 6.08 Å². The van der Waals surface area contributed by atoms with Crippen LogP contribution in [0.3, 0.4) is 0 Å². The van der Waals surface area contributed by atoms with Gasteiger partial charge in [-0.15, -0.1) is 0 Å². The summed E-state index contributed by atoms with van der Waals surface area (Å²) in [6.45, 7) is 2.22. The Kier molecular flexibility index (Phi) is 6.75. The summed E-state index contributed by atoms with van der Waals surface area (Å²) in [6.07, 6.45) is 13.0. The minimum absolute atomic E-state index is 0.284. The Morgan fingerprint density at radius 1 is 1.10 bits per heavy atom. The second-order valence-corrected chi connectivity index (χ2v) is 6.57. The maximum Gasteiger partial charge on any atom is 0.330 e. The van der Waals surface area contributed by atoms with E-state index in [0.717, 1.165) is 31.3 Å². The molecule has 3 heteroatoms. The van der Waals surface area contributed by atoms with E-state index in [9.17, 15) is 9.90 Å². The Bertz CT molecular complexity index is 349. The molecule has 0 saturated heterocycles. The molecule has 0 spiro atoms. The SMILES string of the molecule is CCOC(=O)/C=C(\C1CCCCC1)C(O)C1CCCCC1. The van der Waals surface area contributed by atoms with E-state index in [2.05, 4.69) is 0 Å². The van der Waals surface area contributed by atoms with Crippen LogP contribution in [0.5, 0.6) is 0 Å². The van der Waals surface area contributed by atoms with Crippen LogP contribution in [-0.2, 0) is 9.53 Å². The van der Waals surface area contributed by atoms with Gasteiger partial charge in [0.2, 0.25) is 0 Å². The molecule has 0 radical (unpaired) electrons. The molecule has 0 aromatic carbocycles. The van der Waals surface area contributed by atoms with Crippen molar-refractivity contribution >= 4 is 5.97 Å². The van der Waals surface area contributed by atoms with Crippen LogP contribution in [0.1, 0.15) is 71.1 Å². The third-order valence-corrected chi connectivity index (χ3v) is 5.09. The van der Waals surface area contributed by atoms with Gasteiger partial charge < -0.3 is 9.84 Å². The molecular formula is C18H30O3. The lowest BCUT2D eigenvalue weighted by Crippen LogP contribution is -2.30. The number of ether oxygens (including phenoxy) is 1. The van der Waals surface area contributed by atoms with Crippen molar-refractivity contribution in [3.8, 4) is 0 Å². The van der Waals surface area contributed by atoms with Crippen molar-refractivity contribution in [3.63, 3.8) is 0 Å². The first kappa shape index (κ1) is 16.5. The average Bonchev–Trinajstić information content (AvgIpc) is 2.54. The second-order valence-electron chi connectivity index (χ2n) is 6.57. The van der Waals surface area contributed by atoms with Crippen molar-refractivity contribution in [3.05, 3.63) is 11.6 Å². The highest BCUT2D eigenvalue weighted by Crippen LogP contribution is 2.37. The summed E-state index contributed by atoms with van der Waals surface area (Å²) in [6, 6.07) is 0. The quantitative estimate of drug-likeness (QED) is 0.616. The molecule has 2 aliphatic rings. The van der Waals surface area contributed by atoms with Gasteiger partial charge in [-0.3, -0.25) is 0 Å². The molecule has 0 aromatic heterocycles. The van der Waals surface area contributed by atoms with E-state index in [1.165, 1.54) is 38.5 Å². The highest BCUT2D eigenvalue weighted by molar-refractivity contribution is 5.83. The Labute approximate surface area is 128 Å².